The van der Waals surface area contributed by atoms with Gasteiger partial charge in [0.25, 0.3) is 11.5 Å². The summed E-state index contributed by atoms with van der Waals surface area (Å²) in [5.41, 5.74) is 1.76. The van der Waals surface area contributed by atoms with Crippen LogP contribution in [0, 0.1) is 12.7 Å². The zero-order valence-electron chi connectivity index (χ0n) is 13.1. The third kappa shape index (κ3) is 2.78. The predicted octanol–water partition coefficient (Wildman–Crippen LogP) is 3.61. The minimum absolute atomic E-state index is 0.208. The lowest BCUT2D eigenvalue weighted by atomic mass is 10.3. The summed E-state index contributed by atoms with van der Waals surface area (Å²) in [6.45, 7) is 1.89. The Morgan fingerprint density at radius 3 is 2.72 bits per heavy atom. The van der Waals surface area contributed by atoms with Gasteiger partial charge in [-0.25, -0.2) is 9.37 Å². The Bertz CT molecular complexity index is 1180. The number of thiophene rings is 1. The van der Waals surface area contributed by atoms with Crippen LogP contribution >= 0.6 is 11.3 Å². The Morgan fingerprint density at radius 1 is 1.20 bits per heavy atom. The monoisotopic (exact) mass is 353 g/mol. The summed E-state index contributed by atoms with van der Waals surface area (Å²) >= 11 is 1.15. The number of aryl methyl sites for hydroxylation is 1. The molecule has 3 heterocycles. The van der Waals surface area contributed by atoms with Crippen molar-refractivity contribution in [2.24, 2.45) is 0 Å². The summed E-state index contributed by atoms with van der Waals surface area (Å²) in [5.74, 6) is -0.738. The highest BCUT2D eigenvalue weighted by molar-refractivity contribution is 7.20. The van der Waals surface area contributed by atoms with Crippen LogP contribution in [0.2, 0.25) is 0 Å². The molecule has 3 aromatic heterocycles. The summed E-state index contributed by atoms with van der Waals surface area (Å²) in [7, 11) is 0. The van der Waals surface area contributed by atoms with Crippen molar-refractivity contribution in [3.05, 3.63) is 75.3 Å². The Balaban J connectivity index is 1.76. The van der Waals surface area contributed by atoms with Crippen molar-refractivity contribution < 1.29 is 9.18 Å². The number of carbonyl (C=O) groups is 1. The molecular formula is C18H12FN3O2S. The SMILES string of the molecule is Cc1ccc2nc3sc(C(=O)Nc4ccc(F)cc4)cc3c(=O)n2c1. The number of nitrogens with zero attached hydrogens (tertiary/aromatic N) is 2. The first-order chi connectivity index (χ1) is 12.0. The van der Waals surface area contributed by atoms with Gasteiger partial charge in [0.15, 0.2) is 0 Å². The average molecular weight is 353 g/mol. The summed E-state index contributed by atoms with van der Waals surface area (Å²) in [6.07, 6.45) is 1.72. The molecule has 0 aliphatic carbocycles. The van der Waals surface area contributed by atoms with Crippen molar-refractivity contribution in [3.63, 3.8) is 0 Å². The van der Waals surface area contributed by atoms with Crippen LogP contribution in [0.5, 0.6) is 0 Å². The van der Waals surface area contributed by atoms with Crippen LogP contribution in [-0.4, -0.2) is 15.3 Å². The summed E-state index contributed by atoms with van der Waals surface area (Å²) in [5, 5.41) is 3.09. The second-order valence-corrected chi connectivity index (χ2v) is 6.67. The molecule has 0 fully saturated rings. The number of anilines is 1. The highest BCUT2D eigenvalue weighted by Crippen LogP contribution is 2.23. The summed E-state index contributed by atoms with van der Waals surface area (Å²) in [4.78, 5) is 30.4. The van der Waals surface area contributed by atoms with E-state index in [1.165, 1.54) is 28.7 Å². The van der Waals surface area contributed by atoms with Gasteiger partial charge in [0.1, 0.15) is 16.3 Å². The number of amides is 1. The Hall–Kier alpha value is -3.06. The van der Waals surface area contributed by atoms with Crippen LogP contribution in [0.4, 0.5) is 10.1 Å². The van der Waals surface area contributed by atoms with Crippen molar-refractivity contribution in [2.45, 2.75) is 6.92 Å². The van der Waals surface area contributed by atoms with E-state index in [1.807, 2.05) is 13.0 Å². The topological polar surface area (TPSA) is 63.5 Å². The van der Waals surface area contributed by atoms with Crippen molar-refractivity contribution in [3.8, 4) is 0 Å². The van der Waals surface area contributed by atoms with Crippen LogP contribution in [0.1, 0.15) is 15.2 Å². The van der Waals surface area contributed by atoms with Gasteiger partial charge in [-0.15, -0.1) is 11.3 Å². The zero-order valence-corrected chi connectivity index (χ0v) is 13.9. The average Bonchev–Trinajstić information content (AvgIpc) is 3.02. The van der Waals surface area contributed by atoms with E-state index >= 15 is 0 Å². The number of hydrogen-bond donors (Lipinski definition) is 1. The molecule has 0 bridgehead atoms. The van der Waals surface area contributed by atoms with Crippen LogP contribution in [0.15, 0.2) is 53.5 Å². The highest BCUT2D eigenvalue weighted by atomic mass is 32.1. The number of aromatic nitrogens is 2. The molecule has 0 unspecified atom stereocenters. The maximum absolute atomic E-state index is 12.9. The number of pyridine rings is 1. The first kappa shape index (κ1) is 15.5. The quantitative estimate of drug-likeness (QED) is 0.599. The van der Waals surface area contributed by atoms with Gasteiger partial charge in [-0.05, 0) is 48.9 Å². The van der Waals surface area contributed by atoms with Crippen molar-refractivity contribution in [1.29, 1.82) is 0 Å². The molecule has 1 N–H and O–H groups in total. The number of nitrogens with one attached hydrogen (secondary N) is 1. The number of carbonyl (C=O) groups excluding carboxylic acids is 1. The fourth-order valence-corrected chi connectivity index (χ4v) is 3.47. The van der Waals surface area contributed by atoms with Gasteiger partial charge in [-0.3, -0.25) is 14.0 Å². The van der Waals surface area contributed by atoms with Crippen LogP contribution in [0.3, 0.4) is 0 Å². The van der Waals surface area contributed by atoms with Gasteiger partial charge < -0.3 is 5.32 Å². The largest absolute Gasteiger partial charge is 0.321 e. The maximum Gasteiger partial charge on any atom is 0.266 e. The van der Waals surface area contributed by atoms with E-state index in [0.29, 0.717) is 26.4 Å². The van der Waals surface area contributed by atoms with E-state index < -0.39 is 0 Å². The van der Waals surface area contributed by atoms with Gasteiger partial charge >= 0.3 is 0 Å². The molecule has 0 aliphatic heterocycles. The number of benzene rings is 1. The second kappa shape index (κ2) is 5.78. The standard InChI is InChI=1S/C18H12FN3O2S/c1-10-2-7-15-21-17-13(18(24)22(15)9-10)8-14(25-17)16(23)20-12-5-3-11(19)4-6-12/h2-9H,1H3,(H,20,23). The van der Waals surface area contributed by atoms with Gasteiger partial charge in [0.05, 0.1) is 10.3 Å². The molecule has 124 valence electrons. The molecule has 0 aliphatic rings. The lowest BCUT2D eigenvalue weighted by Crippen LogP contribution is -2.14. The molecule has 0 saturated carbocycles. The van der Waals surface area contributed by atoms with E-state index in [-0.39, 0.29) is 17.3 Å². The fraction of sp³-hybridized carbons (Fsp3) is 0.0556. The summed E-state index contributed by atoms with van der Waals surface area (Å²) < 4.78 is 14.4. The molecule has 0 radical (unpaired) electrons. The molecule has 0 spiro atoms. The number of fused-ring (bicyclic) bond motifs is 2. The smallest absolute Gasteiger partial charge is 0.266 e. The lowest BCUT2D eigenvalue weighted by Gasteiger charge is -2.02. The predicted molar refractivity (Wildman–Crippen MR) is 95.9 cm³/mol. The highest BCUT2D eigenvalue weighted by Gasteiger charge is 2.15. The molecule has 0 saturated heterocycles. The fourth-order valence-electron chi connectivity index (χ4n) is 2.54. The lowest BCUT2D eigenvalue weighted by molar-refractivity contribution is 0.103. The molecule has 4 rings (SSSR count). The molecule has 1 amide bonds. The van der Waals surface area contributed by atoms with E-state index in [4.69, 9.17) is 0 Å². The Labute approximate surface area is 145 Å². The van der Waals surface area contributed by atoms with Crippen molar-refractivity contribution >= 4 is 38.8 Å². The van der Waals surface area contributed by atoms with Crippen LogP contribution in [-0.2, 0) is 0 Å². The number of rotatable bonds is 2. The molecule has 0 atom stereocenters. The first-order valence-corrected chi connectivity index (χ1v) is 8.32. The van der Waals surface area contributed by atoms with Gasteiger partial charge in [-0.1, -0.05) is 6.07 Å². The van der Waals surface area contributed by atoms with Crippen molar-refractivity contribution in [1.82, 2.24) is 9.38 Å². The van der Waals surface area contributed by atoms with Crippen molar-refractivity contribution in [2.75, 3.05) is 5.32 Å². The minimum atomic E-state index is -0.376. The Kier molecular flexibility index (Phi) is 3.58. The maximum atomic E-state index is 12.9. The molecule has 25 heavy (non-hydrogen) atoms. The molecule has 7 heteroatoms. The van der Waals surface area contributed by atoms with Gasteiger partial charge in [-0.2, -0.15) is 0 Å². The normalized spacial score (nSPS) is 11.1. The number of halogens is 1. The minimum Gasteiger partial charge on any atom is -0.321 e. The molecule has 4 aromatic rings. The second-order valence-electron chi connectivity index (χ2n) is 5.64. The van der Waals surface area contributed by atoms with Crippen LogP contribution < -0.4 is 10.9 Å². The Morgan fingerprint density at radius 2 is 1.96 bits per heavy atom. The van der Waals surface area contributed by atoms with Gasteiger partial charge in [0, 0.05) is 11.9 Å². The van der Waals surface area contributed by atoms with E-state index in [2.05, 4.69) is 10.3 Å². The summed E-state index contributed by atoms with van der Waals surface area (Å²) in [6, 6.07) is 10.7. The number of hydrogen-bond acceptors (Lipinski definition) is 4. The first-order valence-electron chi connectivity index (χ1n) is 7.51. The van der Waals surface area contributed by atoms with Gasteiger partial charge in [0.2, 0.25) is 0 Å². The third-order valence-electron chi connectivity index (χ3n) is 3.78. The third-order valence-corrected chi connectivity index (χ3v) is 4.81. The molecule has 5 nitrogen and oxygen atoms in total. The molecule has 1 aromatic carbocycles. The van der Waals surface area contributed by atoms with Crippen LogP contribution in [0.25, 0.3) is 15.9 Å². The van der Waals surface area contributed by atoms with E-state index in [9.17, 15) is 14.0 Å². The van der Waals surface area contributed by atoms with E-state index in [0.717, 1.165) is 16.9 Å². The zero-order chi connectivity index (χ0) is 17.6. The molecular weight excluding hydrogens is 341 g/mol. The van der Waals surface area contributed by atoms with E-state index in [1.54, 1.807) is 18.3 Å².